The van der Waals surface area contributed by atoms with E-state index in [2.05, 4.69) is 15.3 Å². The number of amides is 2. The number of aryl methyl sites for hydroxylation is 2. The fourth-order valence-electron chi connectivity index (χ4n) is 4.35. The lowest BCUT2D eigenvalue weighted by Crippen LogP contribution is -2.39. The first kappa shape index (κ1) is 19.8. The molecule has 3 rings (SSSR count). The molecule has 1 aromatic heterocycles. The van der Waals surface area contributed by atoms with Gasteiger partial charge in [0.15, 0.2) is 0 Å². The van der Waals surface area contributed by atoms with Crippen LogP contribution in [0.4, 0.5) is 5.69 Å². The summed E-state index contributed by atoms with van der Waals surface area (Å²) in [6.45, 7) is 10.4. The lowest BCUT2D eigenvalue weighted by Gasteiger charge is -2.23. The van der Waals surface area contributed by atoms with Gasteiger partial charge in [0.25, 0.3) is 0 Å². The molecule has 0 saturated carbocycles. The minimum atomic E-state index is -0.313. The van der Waals surface area contributed by atoms with Crippen LogP contribution in [0.1, 0.15) is 31.2 Å². The van der Waals surface area contributed by atoms with Crippen molar-refractivity contribution in [2.45, 2.75) is 40.2 Å². The largest absolute Gasteiger partial charge is 0.383 e. The van der Waals surface area contributed by atoms with Crippen molar-refractivity contribution < 1.29 is 14.3 Å². The summed E-state index contributed by atoms with van der Waals surface area (Å²) >= 11 is 0. The molecule has 2 aliphatic rings. The van der Waals surface area contributed by atoms with Crippen LogP contribution in [-0.4, -0.2) is 77.8 Å². The van der Waals surface area contributed by atoms with E-state index in [1.165, 1.54) is 0 Å². The van der Waals surface area contributed by atoms with Gasteiger partial charge in [-0.15, -0.1) is 0 Å². The minimum absolute atomic E-state index is 0.0458. The molecular weight excluding hydrogens is 346 g/mol. The second kappa shape index (κ2) is 7.98. The van der Waals surface area contributed by atoms with Crippen LogP contribution in [-0.2, 0) is 20.9 Å². The molecule has 0 bridgehead atoms. The van der Waals surface area contributed by atoms with Crippen LogP contribution >= 0.6 is 0 Å². The van der Waals surface area contributed by atoms with E-state index in [-0.39, 0.29) is 17.2 Å². The number of nitrogens with one attached hydrogen (secondary N) is 1. The Kier molecular flexibility index (Phi) is 5.86. The van der Waals surface area contributed by atoms with Crippen molar-refractivity contribution >= 4 is 17.5 Å². The van der Waals surface area contributed by atoms with E-state index >= 15 is 0 Å². The van der Waals surface area contributed by atoms with Crippen molar-refractivity contribution in [3.05, 3.63) is 11.4 Å². The molecule has 1 N–H and O–H groups in total. The molecule has 0 radical (unpaired) electrons. The summed E-state index contributed by atoms with van der Waals surface area (Å²) in [5, 5.41) is 7.45. The molecule has 0 aromatic carbocycles. The molecule has 27 heavy (non-hydrogen) atoms. The molecule has 2 saturated heterocycles. The van der Waals surface area contributed by atoms with Gasteiger partial charge in [0, 0.05) is 33.3 Å². The summed E-state index contributed by atoms with van der Waals surface area (Å²) < 4.78 is 6.99. The number of anilines is 1. The molecule has 150 valence electrons. The van der Waals surface area contributed by atoms with Crippen LogP contribution in [0.3, 0.4) is 0 Å². The van der Waals surface area contributed by atoms with E-state index in [1.54, 1.807) is 7.11 Å². The van der Waals surface area contributed by atoms with Gasteiger partial charge in [0.05, 0.1) is 35.6 Å². The van der Waals surface area contributed by atoms with Crippen molar-refractivity contribution in [1.29, 1.82) is 0 Å². The first-order chi connectivity index (χ1) is 12.9. The van der Waals surface area contributed by atoms with Gasteiger partial charge in [-0.25, -0.2) is 0 Å². The average Bonchev–Trinajstić information content (AvgIpc) is 3.27. The average molecular weight is 377 g/mol. The van der Waals surface area contributed by atoms with Crippen molar-refractivity contribution in [1.82, 2.24) is 19.6 Å². The van der Waals surface area contributed by atoms with Crippen molar-refractivity contribution in [2.75, 3.05) is 51.8 Å². The molecule has 2 fully saturated rings. The highest BCUT2D eigenvalue weighted by molar-refractivity contribution is 5.93. The minimum Gasteiger partial charge on any atom is -0.383 e. The Balaban J connectivity index is 1.56. The lowest BCUT2D eigenvalue weighted by molar-refractivity contribution is -0.136. The van der Waals surface area contributed by atoms with Crippen LogP contribution in [0.25, 0.3) is 0 Å². The lowest BCUT2D eigenvalue weighted by atomic mass is 9.85. The highest BCUT2D eigenvalue weighted by atomic mass is 16.5. The quantitative estimate of drug-likeness (QED) is 0.768. The summed E-state index contributed by atoms with van der Waals surface area (Å²) in [5.74, 6) is 0.175. The van der Waals surface area contributed by atoms with Crippen LogP contribution < -0.4 is 5.32 Å². The molecule has 1 spiro atoms. The predicted molar refractivity (Wildman–Crippen MR) is 103 cm³/mol. The Morgan fingerprint density at radius 3 is 2.70 bits per heavy atom. The molecule has 2 amide bonds. The zero-order chi connectivity index (χ0) is 19.6. The van der Waals surface area contributed by atoms with Gasteiger partial charge in [-0.1, -0.05) is 0 Å². The monoisotopic (exact) mass is 377 g/mol. The fraction of sp³-hybridized carbons (Fsp3) is 0.737. The number of hydrogen-bond donors (Lipinski definition) is 1. The van der Waals surface area contributed by atoms with Gasteiger partial charge in [-0.3, -0.25) is 19.2 Å². The second-order valence-corrected chi connectivity index (χ2v) is 7.69. The van der Waals surface area contributed by atoms with Gasteiger partial charge < -0.3 is 15.0 Å². The fourth-order valence-corrected chi connectivity index (χ4v) is 4.35. The third-order valence-electron chi connectivity index (χ3n) is 5.91. The van der Waals surface area contributed by atoms with Crippen molar-refractivity contribution in [3.63, 3.8) is 0 Å². The first-order valence-corrected chi connectivity index (χ1v) is 9.74. The number of carbonyl (C=O) groups excluding carboxylic acids is 2. The predicted octanol–water partition coefficient (Wildman–Crippen LogP) is 1.03. The zero-order valence-corrected chi connectivity index (χ0v) is 16.9. The van der Waals surface area contributed by atoms with Gasteiger partial charge in [0.2, 0.25) is 11.8 Å². The molecule has 0 aliphatic carbocycles. The van der Waals surface area contributed by atoms with E-state index in [0.717, 1.165) is 49.6 Å². The third kappa shape index (κ3) is 3.87. The highest BCUT2D eigenvalue weighted by Gasteiger charge is 2.50. The molecule has 1 unspecified atom stereocenters. The Morgan fingerprint density at radius 2 is 2.04 bits per heavy atom. The number of likely N-dealkylation sites (tertiary alicyclic amines) is 2. The van der Waals surface area contributed by atoms with E-state index in [4.69, 9.17) is 4.74 Å². The molecule has 8 nitrogen and oxygen atoms in total. The number of nitrogens with zero attached hydrogens (tertiary/aromatic N) is 4. The number of aromatic nitrogens is 2. The maximum absolute atomic E-state index is 12.8. The van der Waals surface area contributed by atoms with Gasteiger partial charge in [-0.05, 0) is 40.2 Å². The van der Waals surface area contributed by atoms with Gasteiger partial charge in [-0.2, -0.15) is 5.10 Å². The maximum atomic E-state index is 12.8. The Labute approximate surface area is 160 Å². The van der Waals surface area contributed by atoms with Crippen LogP contribution in [0.15, 0.2) is 0 Å². The number of hydrogen-bond acceptors (Lipinski definition) is 5. The Hall–Kier alpha value is -1.93. The summed E-state index contributed by atoms with van der Waals surface area (Å²) in [5.41, 5.74) is 2.30. The van der Waals surface area contributed by atoms with E-state index in [1.807, 2.05) is 30.4 Å². The van der Waals surface area contributed by atoms with Crippen molar-refractivity contribution in [2.24, 2.45) is 5.41 Å². The second-order valence-electron chi connectivity index (χ2n) is 7.69. The summed E-state index contributed by atoms with van der Waals surface area (Å²) in [7, 11) is 1.65. The topological polar surface area (TPSA) is 79.7 Å². The highest BCUT2D eigenvalue weighted by Crippen LogP contribution is 2.40. The van der Waals surface area contributed by atoms with Crippen LogP contribution in [0, 0.1) is 19.3 Å². The smallest absolute Gasteiger partial charge is 0.238 e. The standard InChI is InChI=1S/C19H31N5O3/c1-5-24-15(3)17(14(2)21-24)20-16(25)12-22-8-6-19(13-22)7-9-23(18(19)26)10-11-27-4/h5-13H2,1-4H3,(H,20,25). The number of carbonyl (C=O) groups is 2. The summed E-state index contributed by atoms with van der Waals surface area (Å²) in [6, 6.07) is 0. The maximum Gasteiger partial charge on any atom is 0.238 e. The number of rotatable bonds is 7. The van der Waals surface area contributed by atoms with E-state index in [0.29, 0.717) is 26.2 Å². The van der Waals surface area contributed by atoms with E-state index in [9.17, 15) is 9.59 Å². The summed E-state index contributed by atoms with van der Waals surface area (Å²) in [4.78, 5) is 29.4. The molecule has 1 aromatic rings. The first-order valence-electron chi connectivity index (χ1n) is 9.74. The van der Waals surface area contributed by atoms with Gasteiger partial charge >= 0.3 is 0 Å². The van der Waals surface area contributed by atoms with Crippen LogP contribution in [0.2, 0.25) is 0 Å². The Bertz CT molecular complexity index is 716. The van der Waals surface area contributed by atoms with Crippen LogP contribution in [0.5, 0.6) is 0 Å². The molecule has 3 heterocycles. The van der Waals surface area contributed by atoms with Crippen molar-refractivity contribution in [3.8, 4) is 0 Å². The molecule has 2 aliphatic heterocycles. The summed E-state index contributed by atoms with van der Waals surface area (Å²) in [6.07, 6.45) is 1.70. The number of methoxy groups -OCH3 is 1. The zero-order valence-electron chi connectivity index (χ0n) is 16.9. The van der Waals surface area contributed by atoms with Gasteiger partial charge in [0.1, 0.15) is 0 Å². The Morgan fingerprint density at radius 1 is 1.30 bits per heavy atom. The third-order valence-corrected chi connectivity index (χ3v) is 5.91. The number of ether oxygens (including phenoxy) is 1. The SMILES string of the molecule is CCn1nc(C)c(NC(=O)CN2CCC3(CCN(CCOC)C3=O)C2)c1C. The van der Waals surface area contributed by atoms with E-state index < -0.39 is 0 Å². The molecular formula is C19H31N5O3. The molecule has 8 heteroatoms. The normalized spacial score (nSPS) is 23.0. The molecule has 1 atom stereocenters.